The van der Waals surface area contributed by atoms with Crippen molar-refractivity contribution in [1.82, 2.24) is 4.98 Å². The Morgan fingerprint density at radius 3 is 2.64 bits per heavy atom. The first kappa shape index (κ1) is 30.3. The number of aryl methyl sites for hydroxylation is 1. The average Bonchev–Trinajstić information content (AvgIpc) is 3.74. The zero-order chi connectivity index (χ0) is 29.7. The summed E-state index contributed by atoms with van der Waals surface area (Å²) in [6.45, 7) is 3.68. The van der Waals surface area contributed by atoms with Crippen LogP contribution in [-0.2, 0) is 21.7 Å². The number of hydrogen-bond donors (Lipinski definition) is 2. The SMILES string of the molecule is CC(C)(O)c1ccccc1CCC(SCC1(CC(=O)O[NH3+])CC1)c1cccc(C=Cc2ccc3ccc(Cl)cc3n2)c1. The molecule has 7 heteroatoms. The first-order valence-electron chi connectivity index (χ1n) is 14.4. The highest BCUT2D eigenvalue weighted by Crippen LogP contribution is 2.53. The van der Waals surface area contributed by atoms with E-state index in [0.29, 0.717) is 11.4 Å². The van der Waals surface area contributed by atoms with Crippen molar-refractivity contribution in [3.8, 4) is 0 Å². The number of carbonyl (C=O) groups excluding carboxylic acids is 1. The molecule has 1 aliphatic carbocycles. The fraction of sp³-hybridized carbons (Fsp3) is 0.314. The number of aromatic nitrogens is 1. The van der Waals surface area contributed by atoms with Crippen LogP contribution in [0.1, 0.15) is 72.7 Å². The fourth-order valence-corrected chi connectivity index (χ4v) is 7.13. The third-order valence-corrected chi connectivity index (χ3v) is 9.91. The molecular weight excluding hydrogens is 564 g/mol. The van der Waals surface area contributed by atoms with Gasteiger partial charge in [-0.2, -0.15) is 17.7 Å². The van der Waals surface area contributed by atoms with E-state index in [2.05, 4.69) is 48.4 Å². The van der Waals surface area contributed by atoms with Gasteiger partial charge in [0.1, 0.15) is 0 Å². The second-order valence-corrected chi connectivity index (χ2v) is 13.5. The topological polar surface area (TPSA) is 87.1 Å². The summed E-state index contributed by atoms with van der Waals surface area (Å²) in [5.41, 5.74) is 5.32. The molecule has 4 N–H and O–H groups in total. The Kier molecular flexibility index (Phi) is 9.38. The highest BCUT2D eigenvalue weighted by Gasteiger charge is 2.45. The van der Waals surface area contributed by atoms with E-state index >= 15 is 0 Å². The van der Waals surface area contributed by atoms with Crippen LogP contribution in [-0.4, -0.2) is 21.8 Å². The van der Waals surface area contributed by atoms with Gasteiger partial charge in [0.05, 0.1) is 23.2 Å². The van der Waals surface area contributed by atoms with Crippen molar-refractivity contribution < 1.29 is 20.6 Å². The minimum Gasteiger partial charge on any atom is -0.386 e. The van der Waals surface area contributed by atoms with Crippen molar-refractivity contribution in [1.29, 1.82) is 0 Å². The van der Waals surface area contributed by atoms with E-state index in [0.717, 1.165) is 64.7 Å². The van der Waals surface area contributed by atoms with Crippen LogP contribution in [0.25, 0.3) is 23.1 Å². The zero-order valence-electron chi connectivity index (χ0n) is 24.2. The van der Waals surface area contributed by atoms with Crippen LogP contribution in [0.3, 0.4) is 0 Å². The molecule has 1 aromatic heterocycles. The lowest BCUT2D eigenvalue weighted by atomic mass is 9.90. The molecule has 5 rings (SSSR count). The zero-order valence-corrected chi connectivity index (χ0v) is 25.8. The van der Waals surface area contributed by atoms with Gasteiger partial charge >= 0.3 is 5.97 Å². The van der Waals surface area contributed by atoms with Gasteiger partial charge in [-0.25, -0.2) is 9.78 Å². The molecule has 1 aliphatic rings. The van der Waals surface area contributed by atoms with Crippen LogP contribution >= 0.6 is 23.4 Å². The number of quaternary nitrogens is 1. The van der Waals surface area contributed by atoms with E-state index in [4.69, 9.17) is 21.4 Å². The van der Waals surface area contributed by atoms with Gasteiger partial charge in [0, 0.05) is 21.4 Å². The summed E-state index contributed by atoms with van der Waals surface area (Å²) < 4.78 is 0. The smallest absolute Gasteiger partial charge is 0.366 e. The van der Waals surface area contributed by atoms with Crippen LogP contribution in [0, 0.1) is 5.41 Å². The Morgan fingerprint density at radius 2 is 1.88 bits per heavy atom. The van der Waals surface area contributed by atoms with Crippen LogP contribution in [0.4, 0.5) is 0 Å². The summed E-state index contributed by atoms with van der Waals surface area (Å²) in [4.78, 5) is 21.5. The van der Waals surface area contributed by atoms with Crippen molar-refractivity contribution in [2.45, 2.75) is 56.8 Å². The molecule has 5 nitrogen and oxygen atoms in total. The largest absolute Gasteiger partial charge is 0.386 e. The Balaban J connectivity index is 1.37. The van der Waals surface area contributed by atoms with Crippen molar-refractivity contribution in [3.05, 3.63) is 112 Å². The molecule has 0 aliphatic heterocycles. The summed E-state index contributed by atoms with van der Waals surface area (Å²) in [6.07, 6.45) is 8.38. The molecule has 1 saturated carbocycles. The van der Waals surface area contributed by atoms with Crippen molar-refractivity contribution in [3.63, 3.8) is 0 Å². The molecule has 0 spiro atoms. The van der Waals surface area contributed by atoms with E-state index in [9.17, 15) is 9.90 Å². The number of carbonyl (C=O) groups is 1. The molecule has 42 heavy (non-hydrogen) atoms. The van der Waals surface area contributed by atoms with Gasteiger partial charge in [-0.1, -0.05) is 78.3 Å². The van der Waals surface area contributed by atoms with E-state index in [1.54, 1.807) is 0 Å². The van der Waals surface area contributed by atoms with E-state index < -0.39 is 5.60 Å². The Morgan fingerprint density at radius 1 is 1.10 bits per heavy atom. The number of nitrogens with zero attached hydrogens (tertiary/aromatic N) is 1. The monoisotopic (exact) mass is 601 g/mol. The lowest BCUT2D eigenvalue weighted by Crippen LogP contribution is -2.51. The Bertz CT molecular complexity index is 1590. The third kappa shape index (κ3) is 7.81. The number of thioether (sulfide) groups is 1. The number of rotatable bonds is 12. The summed E-state index contributed by atoms with van der Waals surface area (Å²) >= 11 is 8.09. The maximum Gasteiger partial charge on any atom is 0.366 e. The van der Waals surface area contributed by atoms with Crippen molar-refractivity contribution >= 4 is 52.4 Å². The van der Waals surface area contributed by atoms with E-state index in [1.165, 1.54) is 5.56 Å². The number of pyridine rings is 1. The summed E-state index contributed by atoms with van der Waals surface area (Å²) in [5.74, 6) is 3.96. The number of aliphatic hydroxyl groups is 1. The van der Waals surface area contributed by atoms with Gasteiger partial charge in [0.25, 0.3) is 0 Å². The van der Waals surface area contributed by atoms with Crippen LogP contribution in [0.5, 0.6) is 0 Å². The number of fused-ring (bicyclic) bond motifs is 1. The van der Waals surface area contributed by atoms with Crippen molar-refractivity contribution in [2.75, 3.05) is 5.75 Å². The van der Waals surface area contributed by atoms with Crippen molar-refractivity contribution in [2.24, 2.45) is 5.41 Å². The quantitative estimate of drug-likeness (QED) is 0.164. The molecule has 0 amide bonds. The normalized spacial score (nSPS) is 15.2. The predicted octanol–water partition coefficient (Wildman–Crippen LogP) is 7.56. The molecule has 4 aromatic rings. The maximum atomic E-state index is 12.0. The molecule has 1 atom stereocenters. The molecule has 1 fully saturated rings. The predicted molar refractivity (Wildman–Crippen MR) is 173 cm³/mol. The van der Waals surface area contributed by atoms with Gasteiger partial charge in [-0.15, -0.1) is 0 Å². The molecule has 218 valence electrons. The number of halogens is 1. The lowest BCUT2D eigenvalue weighted by Gasteiger charge is -2.24. The van der Waals surface area contributed by atoms with Crippen LogP contribution < -0.4 is 5.90 Å². The highest BCUT2D eigenvalue weighted by molar-refractivity contribution is 7.99. The second-order valence-electron chi connectivity index (χ2n) is 11.8. The molecule has 1 unspecified atom stereocenters. The van der Waals surface area contributed by atoms with E-state index in [1.807, 2.05) is 74.1 Å². The van der Waals surface area contributed by atoms with Gasteiger partial charge < -0.3 is 5.11 Å². The minimum atomic E-state index is -0.904. The molecule has 1 heterocycles. The average molecular weight is 602 g/mol. The van der Waals surface area contributed by atoms with Crippen LogP contribution in [0.2, 0.25) is 5.02 Å². The second kappa shape index (κ2) is 13.0. The Hall–Kier alpha value is -3.16. The first-order chi connectivity index (χ1) is 20.1. The van der Waals surface area contributed by atoms with E-state index in [-0.39, 0.29) is 16.6 Å². The molecule has 3 aromatic carbocycles. The standard InChI is InChI=1S/C35H38ClN2O3S/c1-34(2,40)30-9-4-3-7-25(30)13-17-32(42-23-35(18-19-35)22-33(39)41-37)27-8-5-6-24(20-27)10-15-29-16-12-26-11-14-28(36)21-31(26)38-29/h3-12,14-16,20-21,32,40H,13,17-19,22-23H2,1-2,37H3/q+1. The molecule has 0 radical (unpaired) electrons. The molecule has 0 bridgehead atoms. The summed E-state index contributed by atoms with van der Waals surface area (Å²) in [7, 11) is 0. The van der Waals surface area contributed by atoms with Gasteiger partial charge in [0.15, 0.2) is 0 Å². The van der Waals surface area contributed by atoms with Gasteiger partial charge in [-0.3, -0.25) is 4.84 Å². The van der Waals surface area contributed by atoms with Crippen LogP contribution in [0.15, 0.2) is 78.9 Å². The lowest BCUT2D eigenvalue weighted by molar-refractivity contribution is -0.657. The molecular formula is C35H38ClN2O3S+. The third-order valence-electron chi connectivity index (χ3n) is 7.99. The maximum absolute atomic E-state index is 12.0. The number of hydrogen-bond acceptors (Lipinski definition) is 5. The Labute approximate surface area is 257 Å². The summed E-state index contributed by atoms with van der Waals surface area (Å²) in [6, 6.07) is 26.6. The first-order valence-corrected chi connectivity index (χ1v) is 15.8. The van der Waals surface area contributed by atoms with Gasteiger partial charge in [0.2, 0.25) is 0 Å². The summed E-state index contributed by atoms with van der Waals surface area (Å²) in [5, 5.41) is 12.7. The number of benzene rings is 3. The highest BCUT2D eigenvalue weighted by atomic mass is 35.5. The molecule has 0 saturated heterocycles. The minimum absolute atomic E-state index is 0.00481. The van der Waals surface area contributed by atoms with Gasteiger partial charge in [-0.05, 0) is 91.5 Å². The fourth-order valence-electron chi connectivity index (χ4n) is 5.39.